The number of hydrogen-bond donors (Lipinski definition) is 2. The minimum atomic E-state index is -0.350. The molecule has 9 rings (SSSR count). The third-order valence-corrected chi connectivity index (χ3v) is 13.0. The molecule has 10 heteroatoms. The Balaban J connectivity index is 0.968. The molecule has 3 heterocycles. The SMILES string of the molecule is O=C(COc1ccc([C@H]2c3sc(=O)[nH]c3SC3C2[C@H]2C[C@@H]3C3C(=O)N(c4ccccc4)C(=O)C32)cc1)Nc1cccc2ccccc12. The van der Waals surface area contributed by atoms with Gasteiger partial charge in [0.25, 0.3) is 5.91 Å². The Kier molecular flexibility index (Phi) is 6.65. The van der Waals surface area contributed by atoms with E-state index < -0.39 is 0 Å². The van der Waals surface area contributed by atoms with Gasteiger partial charge in [0.05, 0.1) is 22.5 Å². The van der Waals surface area contributed by atoms with Gasteiger partial charge in [-0.3, -0.25) is 24.1 Å². The van der Waals surface area contributed by atoms with Gasteiger partial charge in [-0.05, 0) is 65.5 Å². The van der Waals surface area contributed by atoms with E-state index in [0.717, 1.165) is 38.3 Å². The summed E-state index contributed by atoms with van der Waals surface area (Å²) in [6.45, 7) is -0.141. The lowest BCUT2D eigenvalue weighted by molar-refractivity contribution is -0.123. The Morgan fingerprint density at radius 2 is 1.57 bits per heavy atom. The van der Waals surface area contributed by atoms with Crippen LogP contribution in [0.15, 0.2) is 107 Å². The highest BCUT2D eigenvalue weighted by molar-refractivity contribution is 8.00. The first kappa shape index (κ1) is 28.5. The molecule has 2 saturated carbocycles. The number of carbonyl (C=O) groups excluding carboxylic acids is 3. The van der Waals surface area contributed by atoms with Crippen LogP contribution in [0.1, 0.15) is 22.8 Å². The van der Waals surface area contributed by atoms with Crippen molar-refractivity contribution in [1.29, 1.82) is 0 Å². The zero-order valence-electron chi connectivity index (χ0n) is 25.0. The van der Waals surface area contributed by atoms with Gasteiger partial charge in [0.1, 0.15) is 5.75 Å². The summed E-state index contributed by atoms with van der Waals surface area (Å²) in [4.78, 5) is 58.5. The summed E-state index contributed by atoms with van der Waals surface area (Å²) >= 11 is 2.91. The quantitative estimate of drug-likeness (QED) is 0.208. The van der Waals surface area contributed by atoms with Crippen LogP contribution in [-0.2, 0) is 14.4 Å². The lowest BCUT2D eigenvalue weighted by Crippen LogP contribution is -2.42. The average molecular weight is 660 g/mol. The van der Waals surface area contributed by atoms with Gasteiger partial charge in [-0.2, -0.15) is 0 Å². The van der Waals surface area contributed by atoms with Gasteiger partial charge < -0.3 is 15.0 Å². The molecule has 3 fully saturated rings. The van der Waals surface area contributed by atoms with E-state index >= 15 is 0 Å². The summed E-state index contributed by atoms with van der Waals surface area (Å²) in [5.41, 5.74) is 2.40. The fourth-order valence-electron chi connectivity index (χ4n) is 8.66. The highest BCUT2D eigenvalue weighted by atomic mass is 32.2. The first-order valence-electron chi connectivity index (χ1n) is 15.8. The molecule has 3 amide bonds. The van der Waals surface area contributed by atoms with Crippen LogP contribution in [0.4, 0.5) is 11.4 Å². The second-order valence-corrected chi connectivity index (χ2v) is 14.9. The van der Waals surface area contributed by atoms with Crippen molar-refractivity contribution in [3.05, 3.63) is 117 Å². The van der Waals surface area contributed by atoms with E-state index in [1.54, 1.807) is 11.8 Å². The van der Waals surface area contributed by atoms with Crippen molar-refractivity contribution in [2.24, 2.45) is 29.6 Å². The third kappa shape index (κ3) is 4.49. The monoisotopic (exact) mass is 659 g/mol. The largest absolute Gasteiger partial charge is 0.484 e. The molecule has 8 nitrogen and oxygen atoms in total. The molecular weight excluding hydrogens is 631 g/mol. The number of fused-ring (bicyclic) bond motifs is 10. The predicted molar refractivity (Wildman–Crippen MR) is 182 cm³/mol. The van der Waals surface area contributed by atoms with Crippen molar-refractivity contribution >= 4 is 63.0 Å². The number of hydrogen-bond acceptors (Lipinski definition) is 7. The maximum absolute atomic E-state index is 13.9. The van der Waals surface area contributed by atoms with E-state index in [-0.39, 0.29) is 70.0 Å². The molecule has 2 bridgehead atoms. The van der Waals surface area contributed by atoms with Crippen LogP contribution in [0, 0.1) is 29.6 Å². The topological polar surface area (TPSA) is 109 Å². The van der Waals surface area contributed by atoms with Crippen LogP contribution in [0.3, 0.4) is 0 Å². The Bertz CT molecular complexity index is 2120. The molecule has 4 aliphatic rings. The molecule has 234 valence electrons. The molecule has 4 aromatic carbocycles. The number of ether oxygens (including phenoxy) is 1. The van der Waals surface area contributed by atoms with E-state index in [9.17, 15) is 19.2 Å². The predicted octanol–water partition coefficient (Wildman–Crippen LogP) is 6.29. The van der Waals surface area contributed by atoms with Crippen LogP contribution in [0.25, 0.3) is 10.8 Å². The van der Waals surface area contributed by atoms with Gasteiger partial charge in [-0.25, -0.2) is 0 Å². The average Bonchev–Trinajstić information content (AvgIpc) is 3.83. The maximum Gasteiger partial charge on any atom is 0.305 e. The Morgan fingerprint density at radius 3 is 2.38 bits per heavy atom. The molecule has 5 aromatic rings. The summed E-state index contributed by atoms with van der Waals surface area (Å²) in [7, 11) is 0. The van der Waals surface area contributed by atoms with Gasteiger partial charge in [-0.15, -0.1) is 11.8 Å². The number of rotatable bonds is 6. The molecule has 2 aliphatic heterocycles. The fourth-order valence-corrected chi connectivity index (χ4v) is 11.6. The van der Waals surface area contributed by atoms with Crippen LogP contribution in [-0.4, -0.2) is 34.6 Å². The highest BCUT2D eigenvalue weighted by Gasteiger charge is 2.69. The number of benzene rings is 4. The Morgan fingerprint density at radius 1 is 0.851 bits per heavy atom. The minimum Gasteiger partial charge on any atom is -0.484 e. The first-order chi connectivity index (χ1) is 23.0. The van der Waals surface area contributed by atoms with Gasteiger partial charge in [0, 0.05) is 27.1 Å². The summed E-state index contributed by atoms with van der Waals surface area (Å²) in [5.74, 6) is -0.440. The maximum atomic E-state index is 13.9. The number of amides is 3. The van der Waals surface area contributed by atoms with Crippen molar-refractivity contribution in [3.8, 4) is 5.75 Å². The summed E-state index contributed by atoms with van der Waals surface area (Å²) in [5, 5.41) is 5.96. The zero-order valence-corrected chi connectivity index (χ0v) is 26.6. The van der Waals surface area contributed by atoms with E-state index in [1.807, 2.05) is 97.1 Å². The molecule has 2 N–H and O–H groups in total. The number of thiazole rings is 1. The van der Waals surface area contributed by atoms with E-state index in [4.69, 9.17) is 4.74 Å². The summed E-state index contributed by atoms with van der Waals surface area (Å²) in [6, 6.07) is 30.6. The van der Waals surface area contributed by atoms with Crippen LogP contribution in [0.2, 0.25) is 0 Å². The van der Waals surface area contributed by atoms with Crippen LogP contribution < -0.4 is 19.8 Å². The van der Waals surface area contributed by atoms with Crippen LogP contribution >= 0.6 is 23.1 Å². The number of anilines is 2. The number of carbonyl (C=O) groups is 3. The smallest absolute Gasteiger partial charge is 0.305 e. The number of aromatic amines is 1. The van der Waals surface area contributed by atoms with E-state index in [0.29, 0.717) is 11.4 Å². The molecule has 1 aromatic heterocycles. The number of para-hydroxylation sites is 1. The molecule has 1 saturated heterocycles. The number of thioether (sulfide) groups is 1. The minimum absolute atomic E-state index is 0.0386. The Labute approximate surface area is 278 Å². The molecule has 47 heavy (non-hydrogen) atoms. The van der Waals surface area contributed by atoms with Crippen molar-refractivity contribution < 1.29 is 19.1 Å². The second-order valence-electron chi connectivity index (χ2n) is 12.7. The lowest BCUT2D eigenvalue weighted by Gasteiger charge is -2.43. The van der Waals surface area contributed by atoms with Crippen molar-refractivity contribution in [3.63, 3.8) is 0 Å². The summed E-state index contributed by atoms with van der Waals surface area (Å²) in [6.07, 6.45) is 0.834. The normalized spacial score (nSPS) is 27.1. The van der Waals surface area contributed by atoms with Crippen LogP contribution in [0.5, 0.6) is 5.75 Å². The number of nitrogens with zero attached hydrogens (tertiary/aromatic N) is 1. The molecule has 0 radical (unpaired) electrons. The van der Waals surface area contributed by atoms with Gasteiger partial charge in [0.2, 0.25) is 11.8 Å². The standard InChI is InChI=1S/C37H29N3O5S2/c41-27(38-26-12-6-8-19-7-4-5-11-23(19)26)18-45-22-15-13-20(14-16-22)28-29-24-17-25(32(29)46-34-33(28)47-37(44)39-34)31-30(24)35(42)40(36(31)43)21-9-2-1-3-10-21/h1-16,24-25,28-32H,17-18H2,(H,38,41)(H,39,44)/t24-,25-,28-,29?,30?,31?,32?/m1/s1. The number of imide groups is 1. The highest BCUT2D eigenvalue weighted by Crippen LogP contribution is 2.68. The fraction of sp³-hybridized carbons (Fsp3) is 0.243. The zero-order chi connectivity index (χ0) is 31.8. The third-order valence-electron chi connectivity index (χ3n) is 10.4. The number of nitrogens with one attached hydrogen (secondary N) is 2. The molecule has 4 unspecified atom stereocenters. The van der Waals surface area contributed by atoms with Gasteiger partial charge in [0.15, 0.2) is 6.61 Å². The molecule has 7 atom stereocenters. The number of aromatic nitrogens is 1. The van der Waals surface area contributed by atoms with E-state index in [2.05, 4.69) is 10.3 Å². The molecule has 0 spiro atoms. The first-order valence-corrected chi connectivity index (χ1v) is 17.5. The van der Waals surface area contributed by atoms with Crippen molar-refractivity contribution in [1.82, 2.24) is 4.98 Å². The van der Waals surface area contributed by atoms with Crippen molar-refractivity contribution in [2.45, 2.75) is 22.6 Å². The summed E-state index contributed by atoms with van der Waals surface area (Å²) < 4.78 is 5.88. The van der Waals surface area contributed by atoms with Crippen molar-refractivity contribution in [2.75, 3.05) is 16.8 Å². The van der Waals surface area contributed by atoms with Gasteiger partial charge >= 0.3 is 4.87 Å². The van der Waals surface area contributed by atoms with Gasteiger partial charge in [-0.1, -0.05) is 78.1 Å². The van der Waals surface area contributed by atoms with E-state index in [1.165, 1.54) is 16.2 Å². The lowest BCUT2D eigenvalue weighted by atomic mass is 9.68. The molecular formula is C37H29N3O5S2. The number of H-pyrrole nitrogens is 1. The Hall–Kier alpha value is -4.67. The molecule has 2 aliphatic carbocycles. The second kappa shape index (κ2) is 11.0.